The van der Waals surface area contributed by atoms with E-state index in [-0.39, 0.29) is 19.0 Å². The molecule has 0 aliphatic heterocycles. The number of aromatic amines is 1. The largest absolute Gasteiger partial charge is 0.501 e. The Balaban J connectivity index is 3.45. The summed E-state index contributed by atoms with van der Waals surface area (Å²) in [5.41, 5.74) is -4.88. The molecule has 0 aliphatic rings. The lowest BCUT2D eigenvalue weighted by Gasteiger charge is -2.32. The summed E-state index contributed by atoms with van der Waals surface area (Å²) in [6, 6.07) is 0. The highest BCUT2D eigenvalue weighted by molar-refractivity contribution is 6.21. The third-order valence-corrected chi connectivity index (χ3v) is 3.54. The number of ether oxygens (including phenoxy) is 3. The van der Waals surface area contributed by atoms with Gasteiger partial charge in [0.1, 0.15) is 5.82 Å². The van der Waals surface area contributed by atoms with Gasteiger partial charge in [-0.05, 0) is 13.8 Å². The van der Waals surface area contributed by atoms with Crippen molar-refractivity contribution in [3.63, 3.8) is 0 Å². The van der Waals surface area contributed by atoms with Crippen LogP contribution in [-0.2, 0) is 24.6 Å². The van der Waals surface area contributed by atoms with E-state index in [1.165, 1.54) is 13.8 Å². The molecule has 140 valence electrons. The predicted octanol–water partition coefficient (Wildman–Crippen LogP) is 0.00430. The number of H-pyrrole nitrogens is 1. The molecule has 11 heteroatoms. The van der Waals surface area contributed by atoms with Crippen molar-refractivity contribution >= 4 is 23.5 Å². The first kappa shape index (κ1) is 20.9. The molecule has 0 spiro atoms. The Morgan fingerprint density at radius 1 is 1.44 bits per heavy atom. The van der Waals surface area contributed by atoms with E-state index in [1.807, 2.05) is 0 Å². The maximum Gasteiger partial charge on any atom is 0.361 e. The van der Waals surface area contributed by atoms with E-state index in [1.54, 1.807) is 0 Å². The Morgan fingerprint density at radius 3 is 2.60 bits per heavy atom. The molecule has 10 nitrogen and oxygen atoms in total. The molecule has 0 aromatic carbocycles. The number of aromatic nitrogens is 2. The lowest BCUT2D eigenvalue weighted by atomic mass is 10.1. The number of aliphatic hydroxyl groups is 1. The molecule has 25 heavy (non-hydrogen) atoms. The second-order valence-corrected chi connectivity index (χ2v) is 5.33. The number of nitrogens with zero attached hydrogens (tertiary/aromatic N) is 1. The quantitative estimate of drug-likeness (QED) is 0.420. The van der Waals surface area contributed by atoms with Crippen LogP contribution in [0.15, 0.2) is 4.79 Å². The van der Waals surface area contributed by atoms with E-state index in [0.29, 0.717) is 0 Å². The van der Waals surface area contributed by atoms with Crippen molar-refractivity contribution in [3.05, 3.63) is 21.9 Å². The third-order valence-electron chi connectivity index (χ3n) is 3.03. The van der Waals surface area contributed by atoms with Gasteiger partial charge >= 0.3 is 11.9 Å². The molecule has 1 aromatic heterocycles. The first-order chi connectivity index (χ1) is 11.7. The minimum atomic E-state index is -1.73. The lowest BCUT2D eigenvalue weighted by molar-refractivity contribution is -0.161. The molecule has 1 rings (SSSR count). The molecule has 0 bridgehead atoms. The molecule has 0 fully saturated rings. The van der Waals surface area contributed by atoms with Gasteiger partial charge in [-0.1, -0.05) is 11.6 Å². The van der Waals surface area contributed by atoms with E-state index in [2.05, 4.69) is 9.97 Å². The van der Waals surface area contributed by atoms with Crippen molar-refractivity contribution in [3.8, 4) is 5.75 Å². The lowest BCUT2D eigenvalue weighted by Crippen LogP contribution is -2.42. The minimum Gasteiger partial charge on any atom is -0.501 e. The van der Waals surface area contributed by atoms with Crippen LogP contribution < -0.4 is 5.56 Å². The molecular formula is C14H19ClN2O8. The number of hydrogen-bond donors (Lipinski definition) is 3. The van der Waals surface area contributed by atoms with Gasteiger partial charge in [-0.2, -0.15) is 0 Å². The zero-order valence-corrected chi connectivity index (χ0v) is 14.6. The fourth-order valence-electron chi connectivity index (χ4n) is 1.80. The smallest absolute Gasteiger partial charge is 0.361 e. The summed E-state index contributed by atoms with van der Waals surface area (Å²) >= 11 is 6.05. The van der Waals surface area contributed by atoms with E-state index in [4.69, 9.17) is 30.9 Å². The van der Waals surface area contributed by atoms with Crippen molar-refractivity contribution in [2.24, 2.45) is 0 Å². The van der Waals surface area contributed by atoms with Gasteiger partial charge in [0.15, 0.2) is 11.3 Å². The second kappa shape index (κ2) is 8.79. The van der Waals surface area contributed by atoms with Crippen molar-refractivity contribution in [2.75, 3.05) is 19.8 Å². The highest BCUT2D eigenvalue weighted by atomic mass is 35.5. The number of alkyl halides is 1. The fourth-order valence-corrected chi connectivity index (χ4v) is 2.09. The van der Waals surface area contributed by atoms with Gasteiger partial charge in [-0.25, -0.2) is 9.78 Å². The van der Waals surface area contributed by atoms with Gasteiger partial charge < -0.3 is 29.4 Å². The van der Waals surface area contributed by atoms with Crippen molar-refractivity contribution in [1.29, 1.82) is 0 Å². The molecule has 1 aromatic rings. The van der Waals surface area contributed by atoms with Gasteiger partial charge in [0, 0.05) is 6.92 Å². The standard InChI is InChI=1S/C14H19ClN2O8/c1-4-23-11(22)8-9(20)10(21)17-13(16-8)14(3,24-6-5-18)12(15)25-7(2)19/h12,18,20H,4-6H2,1-3H3,(H,16,17,21). The van der Waals surface area contributed by atoms with Crippen molar-refractivity contribution < 1.29 is 34.0 Å². The summed E-state index contributed by atoms with van der Waals surface area (Å²) in [5, 5.41) is 18.7. The number of aromatic hydroxyl groups is 1. The van der Waals surface area contributed by atoms with Crippen LogP contribution in [0.1, 0.15) is 37.1 Å². The van der Waals surface area contributed by atoms with Gasteiger partial charge in [0.2, 0.25) is 11.3 Å². The summed E-state index contributed by atoms with van der Waals surface area (Å²) in [4.78, 5) is 41.0. The van der Waals surface area contributed by atoms with Gasteiger partial charge in [-0.15, -0.1) is 0 Å². The number of carbonyl (C=O) groups excluding carboxylic acids is 2. The van der Waals surface area contributed by atoms with Gasteiger partial charge in [0.25, 0.3) is 5.56 Å². The maximum absolute atomic E-state index is 11.9. The average molecular weight is 379 g/mol. The Hall–Kier alpha value is -2.17. The zero-order chi connectivity index (χ0) is 19.2. The normalized spacial score (nSPS) is 14.4. The summed E-state index contributed by atoms with van der Waals surface area (Å²) in [5.74, 6) is -3.00. The second-order valence-electron chi connectivity index (χ2n) is 4.94. The van der Waals surface area contributed by atoms with Gasteiger partial charge in [0.05, 0.1) is 19.8 Å². The molecule has 0 amide bonds. The van der Waals surface area contributed by atoms with E-state index >= 15 is 0 Å². The molecule has 0 saturated heterocycles. The first-order valence-electron chi connectivity index (χ1n) is 7.24. The Kier molecular flexibility index (Phi) is 7.34. The van der Waals surface area contributed by atoms with Crippen LogP contribution in [0.25, 0.3) is 0 Å². The fraction of sp³-hybridized carbons (Fsp3) is 0.571. The van der Waals surface area contributed by atoms with Crippen molar-refractivity contribution in [2.45, 2.75) is 31.9 Å². The maximum atomic E-state index is 11.9. The number of hydrogen-bond acceptors (Lipinski definition) is 9. The molecule has 3 N–H and O–H groups in total. The number of rotatable bonds is 8. The van der Waals surface area contributed by atoms with Crippen LogP contribution in [0, 0.1) is 0 Å². The van der Waals surface area contributed by atoms with Crippen LogP contribution in [0.4, 0.5) is 0 Å². The summed E-state index contributed by atoms with van der Waals surface area (Å²) in [7, 11) is 0. The SMILES string of the molecule is CCOC(=O)c1nc(C(C)(OCCO)C(Cl)OC(C)=O)[nH]c(=O)c1O. The third kappa shape index (κ3) is 4.91. The molecule has 1 heterocycles. The van der Waals surface area contributed by atoms with Crippen LogP contribution in [0.3, 0.4) is 0 Å². The number of carbonyl (C=O) groups is 2. The molecule has 0 saturated carbocycles. The number of nitrogens with one attached hydrogen (secondary N) is 1. The van der Waals surface area contributed by atoms with Crippen LogP contribution in [0.2, 0.25) is 0 Å². The highest BCUT2D eigenvalue weighted by Gasteiger charge is 2.42. The highest BCUT2D eigenvalue weighted by Crippen LogP contribution is 2.31. The monoisotopic (exact) mass is 378 g/mol. The van der Waals surface area contributed by atoms with E-state index < -0.39 is 46.7 Å². The zero-order valence-electron chi connectivity index (χ0n) is 13.9. The molecule has 2 unspecified atom stereocenters. The molecular weight excluding hydrogens is 360 g/mol. The van der Waals surface area contributed by atoms with Crippen LogP contribution in [-0.4, -0.2) is 57.5 Å². The molecule has 0 aliphatic carbocycles. The van der Waals surface area contributed by atoms with Crippen LogP contribution >= 0.6 is 11.6 Å². The summed E-state index contributed by atoms with van der Waals surface area (Å²) in [6.07, 6.45) is 0. The molecule has 0 radical (unpaired) electrons. The first-order valence-corrected chi connectivity index (χ1v) is 7.68. The van der Waals surface area contributed by atoms with Gasteiger partial charge in [-0.3, -0.25) is 9.59 Å². The van der Waals surface area contributed by atoms with E-state index in [0.717, 1.165) is 6.92 Å². The summed E-state index contributed by atoms with van der Waals surface area (Å²) in [6.45, 7) is 3.33. The minimum absolute atomic E-state index is 0.00799. The Labute approximate surface area is 147 Å². The summed E-state index contributed by atoms with van der Waals surface area (Å²) < 4.78 is 15.0. The topological polar surface area (TPSA) is 148 Å². The number of esters is 2. The number of halogens is 1. The van der Waals surface area contributed by atoms with Crippen molar-refractivity contribution in [1.82, 2.24) is 9.97 Å². The Bertz CT molecular complexity index is 692. The molecule has 2 atom stereocenters. The van der Waals surface area contributed by atoms with Crippen LogP contribution in [0.5, 0.6) is 5.75 Å². The predicted molar refractivity (Wildman–Crippen MR) is 84.3 cm³/mol. The Morgan fingerprint density at radius 2 is 2.08 bits per heavy atom. The van der Waals surface area contributed by atoms with E-state index in [9.17, 15) is 19.5 Å². The average Bonchev–Trinajstić information content (AvgIpc) is 2.54. The number of aliphatic hydroxyl groups excluding tert-OH is 1.